The predicted molar refractivity (Wildman–Crippen MR) is 120 cm³/mol. The summed E-state index contributed by atoms with van der Waals surface area (Å²) in [5, 5.41) is 21.4. The van der Waals surface area contributed by atoms with E-state index in [2.05, 4.69) is 15.0 Å². The van der Waals surface area contributed by atoms with Gasteiger partial charge in [0.15, 0.2) is 11.5 Å². The third kappa shape index (κ3) is 3.79. The minimum Gasteiger partial charge on any atom is -0.391 e. The van der Waals surface area contributed by atoms with Crippen molar-refractivity contribution in [3.63, 3.8) is 0 Å². The third-order valence-corrected chi connectivity index (χ3v) is 7.62. The van der Waals surface area contributed by atoms with Crippen LogP contribution in [0.15, 0.2) is 12.7 Å². The maximum Gasteiger partial charge on any atom is 0.245 e. The maximum absolute atomic E-state index is 13.1. The van der Waals surface area contributed by atoms with E-state index >= 15 is 0 Å². The average Bonchev–Trinajstić information content (AvgIpc) is 3.38. The largest absolute Gasteiger partial charge is 0.391 e. The monoisotopic (exact) mass is 473 g/mol. The van der Waals surface area contributed by atoms with Crippen LogP contribution in [0.1, 0.15) is 45.6 Å². The molecule has 12 nitrogen and oxygen atoms in total. The topological polar surface area (TPSA) is 160 Å². The summed E-state index contributed by atoms with van der Waals surface area (Å²) in [6, 6.07) is -1.02. The van der Waals surface area contributed by atoms with Gasteiger partial charge in [-0.3, -0.25) is 9.59 Å². The van der Waals surface area contributed by atoms with E-state index in [1.54, 1.807) is 22.7 Å². The quantitative estimate of drug-likeness (QED) is 0.520. The molecule has 3 aliphatic rings. The lowest BCUT2D eigenvalue weighted by Crippen LogP contribution is -2.59. The number of hydrogen-bond acceptors (Lipinski definition) is 9. The Kier molecular flexibility index (Phi) is 5.49. The Morgan fingerprint density at radius 3 is 2.65 bits per heavy atom. The number of aromatic nitrogens is 4. The van der Waals surface area contributed by atoms with Crippen LogP contribution in [0.25, 0.3) is 11.2 Å². The Morgan fingerprint density at radius 1 is 1.24 bits per heavy atom. The summed E-state index contributed by atoms with van der Waals surface area (Å²) in [6.45, 7) is 4.60. The number of anilines is 1. The number of carbonyl (C=O) groups excluding carboxylic acids is 2. The second kappa shape index (κ2) is 8.14. The summed E-state index contributed by atoms with van der Waals surface area (Å²) < 4.78 is 8.15. The first-order chi connectivity index (χ1) is 16.1. The minimum absolute atomic E-state index is 0.135. The number of amides is 2. The first-order valence-corrected chi connectivity index (χ1v) is 11.6. The second-order valence-electron chi connectivity index (χ2n) is 10.0. The molecule has 2 aromatic heterocycles. The van der Waals surface area contributed by atoms with Crippen LogP contribution in [-0.4, -0.2) is 101 Å². The van der Waals surface area contributed by atoms with Crippen LogP contribution in [0.4, 0.5) is 5.82 Å². The summed E-state index contributed by atoms with van der Waals surface area (Å²) in [6.07, 6.45) is 4.12. The van der Waals surface area contributed by atoms with E-state index in [1.807, 2.05) is 0 Å². The Balaban J connectivity index is 1.27. The van der Waals surface area contributed by atoms with Crippen LogP contribution < -0.4 is 5.73 Å². The third-order valence-electron chi connectivity index (χ3n) is 7.62. The van der Waals surface area contributed by atoms with E-state index < -0.39 is 29.4 Å². The van der Waals surface area contributed by atoms with Gasteiger partial charge in [-0.15, -0.1) is 0 Å². The van der Waals surface area contributed by atoms with Crippen LogP contribution in [0.5, 0.6) is 0 Å². The van der Waals surface area contributed by atoms with Gasteiger partial charge in [-0.05, 0) is 19.8 Å². The zero-order valence-corrected chi connectivity index (χ0v) is 19.4. The number of hydrogen-bond donors (Lipinski definition) is 3. The number of likely N-dealkylation sites (tertiary alicyclic amines) is 2. The number of ether oxygens (including phenoxy) is 1. The summed E-state index contributed by atoms with van der Waals surface area (Å²) in [7, 11) is 0. The minimum atomic E-state index is -1.10. The molecule has 3 aliphatic heterocycles. The number of fused-ring (bicyclic) bond motifs is 1. The molecule has 3 saturated heterocycles. The Morgan fingerprint density at radius 2 is 1.97 bits per heavy atom. The summed E-state index contributed by atoms with van der Waals surface area (Å²) >= 11 is 0. The van der Waals surface area contributed by atoms with Crippen molar-refractivity contribution in [1.82, 2.24) is 29.3 Å². The fourth-order valence-electron chi connectivity index (χ4n) is 5.80. The van der Waals surface area contributed by atoms with E-state index in [1.165, 1.54) is 18.2 Å². The number of nitrogen functional groups attached to an aromatic ring is 1. The van der Waals surface area contributed by atoms with Crippen LogP contribution in [0.2, 0.25) is 0 Å². The van der Waals surface area contributed by atoms with Crippen molar-refractivity contribution < 1.29 is 24.5 Å². The van der Waals surface area contributed by atoms with Gasteiger partial charge < -0.3 is 35.1 Å². The summed E-state index contributed by atoms with van der Waals surface area (Å²) in [5.74, 6) is -0.0592. The number of imidazole rings is 1. The fraction of sp³-hybridized carbons (Fsp3) is 0.682. The molecular formula is C22H31N7O5. The summed E-state index contributed by atoms with van der Waals surface area (Å²) in [5.41, 5.74) is 5.30. The van der Waals surface area contributed by atoms with Gasteiger partial charge in [0.1, 0.15) is 17.9 Å². The Bertz CT molecular complexity index is 1110. The van der Waals surface area contributed by atoms with Crippen molar-refractivity contribution in [1.29, 1.82) is 0 Å². The zero-order valence-electron chi connectivity index (χ0n) is 19.4. The van der Waals surface area contributed by atoms with Crippen molar-refractivity contribution in [2.75, 3.05) is 32.0 Å². The number of aliphatic hydroxyl groups is 2. The van der Waals surface area contributed by atoms with Crippen molar-refractivity contribution >= 4 is 28.8 Å². The standard InChI is InChI=1S/C22H31N7O5/c1-13(30)28-8-14(31)7-15(28)20(32)27-5-3-22(4-6-27)10-21(2,33)16(9-34-22)29-12-26-17-18(23)24-11-25-19(17)29/h11-12,14-16,31,33H,3-10H2,1-2H3,(H2,23,24,25)/t14-,15+,16-,21-/m1/s1. The molecule has 4 N–H and O–H groups in total. The van der Waals surface area contributed by atoms with E-state index in [0.29, 0.717) is 43.5 Å². The highest BCUT2D eigenvalue weighted by Crippen LogP contribution is 2.44. The number of aliphatic hydroxyl groups excluding tert-OH is 1. The molecule has 1 spiro atoms. The van der Waals surface area contributed by atoms with Crippen LogP contribution in [0, 0.1) is 0 Å². The van der Waals surface area contributed by atoms with Gasteiger partial charge in [-0.1, -0.05) is 0 Å². The molecule has 184 valence electrons. The molecule has 2 aromatic rings. The molecular weight excluding hydrogens is 442 g/mol. The van der Waals surface area contributed by atoms with Crippen molar-refractivity contribution in [2.45, 2.75) is 68.9 Å². The number of piperidine rings is 1. The molecule has 5 rings (SSSR count). The summed E-state index contributed by atoms with van der Waals surface area (Å²) in [4.78, 5) is 40.8. The lowest BCUT2D eigenvalue weighted by atomic mass is 9.75. The van der Waals surface area contributed by atoms with Crippen LogP contribution in [-0.2, 0) is 14.3 Å². The smallest absolute Gasteiger partial charge is 0.245 e. The normalized spacial score (nSPS) is 31.4. The van der Waals surface area contributed by atoms with Gasteiger partial charge in [0.2, 0.25) is 11.8 Å². The van der Waals surface area contributed by atoms with E-state index in [9.17, 15) is 19.8 Å². The molecule has 12 heteroatoms. The molecule has 2 amide bonds. The number of carbonyl (C=O) groups is 2. The van der Waals surface area contributed by atoms with Crippen LogP contribution >= 0.6 is 0 Å². The molecule has 0 aliphatic carbocycles. The lowest BCUT2D eigenvalue weighted by Gasteiger charge is -2.51. The van der Waals surface area contributed by atoms with Gasteiger partial charge in [0.05, 0.1) is 36.3 Å². The predicted octanol–water partition coefficient (Wildman–Crippen LogP) is -0.536. The highest BCUT2D eigenvalue weighted by Gasteiger charge is 2.51. The van der Waals surface area contributed by atoms with Crippen LogP contribution in [0.3, 0.4) is 0 Å². The number of β-amino-alcohol motifs (C(OH)–C–C–N with tert-alkyl or cyclic N) is 1. The zero-order chi connectivity index (χ0) is 24.3. The SMILES string of the molecule is CC(=O)N1C[C@H](O)C[C@H]1C(=O)N1CCC2(CC1)C[C@@](C)(O)[C@H](n1cnc3c(N)ncnc31)CO2. The highest BCUT2D eigenvalue weighted by atomic mass is 16.5. The molecule has 0 aromatic carbocycles. The van der Waals surface area contributed by atoms with E-state index in [4.69, 9.17) is 10.5 Å². The van der Waals surface area contributed by atoms with Gasteiger partial charge in [0.25, 0.3) is 0 Å². The molecule has 0 radical (unpaired) electrons. The fourth-order valence-corrected chi connectivity index (χ4v) is 5.80. The molecule has 4 atom stereocenters. The van der Waals surface area contributed by atoms with Crippen molar-refractivity contribution in [3.8, 4) is 0 Å². The van der Waals surface area contributed by atoms with Gasteiger partial charge in [-0.25, -0.2) is 15.0 Å². The lowest BCUT2D eigenvalue weighted by molar-refractivity contribution is -0.197. The van der Waals surface area contributed by atoms with E-state index in [0.717, 1.165) is 0 Å². The van der Waals surface area contributed by atoms with Crippen molar-refractivity contribution in [3.05, 3.63) is 12.7 Å². The van der Waals surface area contributed by atoms with Gasteiger partial charge in [-0.2, -0.15) is 0 Å². The average molecular weight is 474 g/mol. The Hall–Kier alpha value is -2.83. The van der Waals surface area contributed by atoms with Gasteiger partial charge >= 0.3 is 0 Å². The molecule has 0 bridgehead atoms. The number of rotatable bonds is 2. The molecule has 0 unspecified atom stereocenters. The first-order valence-electron chi connectivity index (χ1n) is 11.6. The number of nitrogens with two attached hydrogens (primary N) is 1. The maximum atomic E-state index is 13.1. The Labute approximate surface area is 196 Å². The molecule has 5 heterocycles. The molecule has 3 fully saturated rings. The van der Waals surface area contributed by atoms with E-state index in [-0.39, 0.29) is 37.2 Å². The number of nitrogens with zero attached hydrogens (tertiary/aromatic N) is 6. The first kappa shape index (κ1) is 22.9. The highest BCUT2D eigenvalue weighted by molar-refractivity contribution is 5.87. The molecule has 34 heavy (non-hydrogen) atoms. The molecule has 0 saturated carbocycles. The second-order valence-corrected chi connectivity index (χ2v) is 10.0. The van der Waals surface area contributed by atoms with Crippen molar-refractivity contribution in [2.24, 2.45) is 0 Å². The van der Waals surface area contributed by atoms with Gasteiger partial charge in [0, 0.05) is 39.4 Å².